The van der Waals surface area contributed by atoms with Gasteiger partial charge in [-0.15, -0.1) is 11.6 Å². The summed E-state index contributed by atoms with van der Waals surface area (Å²) in [6.07, 6.45) is 0.763. The molecular weight excluding hydrogens is 304 g/mol. The largest absolute Gasteiger partial charge is 0.301 e. The molecule has 1 aromatic carbocycles. The van der Waals surface area contributed by atoms with Crippen molar-refractivity contribution >= 4 is 29.1 Å². The molecule has 0 spiro atoms. The second kappa shape index (κ2) is 8.76. The maximum atomic E-state index is 12.3. The van der Waals surface area contributed by atoms with Crippen LogP contribution < -0.4 is 4.90 Å². The fourth-order valence-electron chi connectivity index (χ4n) is 2.38. The highest BCUT2D eigenvalue weighted by atomic mass is 35.5. The highest BCUT2D eigenvalue weighted by Crippen LogP contribution is 2.26. The van der Waals surface area contributed by atoms with Crippen molar-refractivity contribution in [2.24, 2.45) is 0 Å². The van der Waals surface area contributed by atoms with E-state index in [2.05, 4.69) is 0 Å². The van der Waals surface area contributed by atoms with Crippen LogP contribution in [0.25, 0.3) is 0 Å². The molecule has 5 nitrogen and oxygen atoms in total. The van der Waals surface area contributed by atoms with Gasteiger partial charge in [0.05, 0.1) is 12.8 Å². The standard InChI is InChI=1S/C16H23ClN2O3/c1-5-13-9-7-8-12(3)16(13)18(14(20)10-17)11-15(21)19(6-2)22-4/h7-9H,5-6,10-11H2,1-4H3. The zero-order chi connectivity index (χ0) is 16.7. The zero-order valence-corrected chi connectivity index (χ0v) is 14.3. The number of alkyl halides is 1. The van der Waals surface area contributed by atoms with E-state index in [4.69, 9.17) is 16.4 Å². The summed E-state index contributed by atoms with van der Waals surface area (Å²) in [7, 11) is 1.43. The van der Waals surface area contributed by atoms with Gasteiger partial charge < -0.3 is 4.90 Å². The lowest BCUT2D eigenvalue weighted by atomic mass is 10.0. The van der Waals surface area contributed by atoms with Crippen LogP contribution >= 0.6 is 11.6 Å². The third-order valence-corrected chi connectivity index (χ3v) is 3.70. The number of benzene rings is 1. The van der Waals surface area contributed by atoms with Crippen molar-refractivity contribution in [3.63, 3.8) is 0 Å². The molecule has 0 aliphatic heterocycles. The molecule has 0 atom stereocenters. The summed E-state index contributed by atoms with van der Waals surface area (Å²) in [6, 6.07) is 5.81. The van der Waals surface area contributed by atoms with E-state index >= 15 is 0 Å². The number of anilines is 1. The maximum absolute atomic E-state index is 12.3. The molecule has 0 heterocycles. The Labute approximate surface area is 136 Å². The fourth-order valence-corrected chi connectivity index (χ4v) is 2.52. The fraction of sp³-hybridized carbons (Fsp3) is 0.500. The molecule has 0 unspecified atom stereocenters. The van der Waals surface area contributed by atoms with E-state index in [1.165, 1.54) is 17.1 Å². The Morgan fingerprint density at radius 2 is 1.91 bits per heavy atom. The van der Waals surface area contributed by atoms with Gasteiger partial charge in [-0.3, -0.25) is 14.4 Å². The monoisotopic (exact) mass is 326 g/mol. The van der Waals surface area contributed by atoms with Gasteiger partial charge in [0, 0.05) is 6.54 Å². The van der Waals surface area contributed by atoms with Crippen LogP contribution in [-0.2, 0) is 20.8 Å². The maximum Gasteiger partial charge on any atom is 0.266 e. The molecule has 0 saturated heterocycles. The van der Waals surface area contributed by atoms with Crippen LogP contribution in [0.5, 0.6) is 0 Å². The van der Waals surface area contributed by atoms with E-state index in [-0.39, 0.29) is 24.2 Å². The van der Waals surface area contributed by atoms with Crippen molar-refractivity contribution < 1.29 is 14.4 Å². The molecule has 6 heteroatoms. The first-order valence-electron chi connectivity index (χ1n) is 7.29. The van der Waals surface area contributed by atoms with Crippen LogP contribution in [0.3, 0.4) is 0 Å². The molecule has 0 aliphatic carbocycles. The van der Waals surface area contributed by atoms with Crippen molar-refractivity contribution in [1.82, 2.24) is 5.06 Å². The Morgan fingerprint density at radius 1 is 1.23 bits per heavy atom. The first-order chi connectivity index (χ1) is 10.5. The molecule has 0 radical (unpaired) electrons. The highest BCUT2D eigenvalue weighted by Gasteiger charge is 2.24. The number of carbonyl (C=O) groups excluding carboxylic acids is 2. The summed E-state index contributed by atoms with van der Waals surface area (Å²) in [4.78, 5) is 31.0. The molecule has 0 fully saturated rings. The number of amides is 2. The van der Waals surface area contributed by atoms with Crippen LogP contribution in [0.1, 0.15) is 25.0 Å². The number of likely N-dealkylation sites (N-methyl/N-ethyl adjacent to an activating group) is 1. The van der Waals surface area contributed by atoms with Crippen LogP contribution in [0, 0.1) is 6.92 Å². The van der Waals surface area contributed by atoms with Crippen molar-refractivity contribution in [3.05, 3.63) is 29.3 Å². The quantitative estimate of drug-likeness (QED) is 0.571. The third kappa shape index (κ3) is 4.21. The molecule has 22 heavy (non-hydrogen) atoms. The van der Waals surface area contributed by atoms with Crippen LogP contribution in [0.2, 0.25) is 0 Å². The molecule has 0 saturated carbocycles. The number of hydrogen-bond donors (Lipinski definition) is 0. The minimum Gasteiger partial charge on any atom is -0.301 e. The summed E-state index contributed by atoms with van der Waals surface area (Å²) >= 11 is 5.73. The number of hydroxylamine groups is 2. The average molecular weight is 327 g/mol. The zero-order valence-electron chi connectivity index (χ0n) is 13.6. The van der Waals surface area contributed by atoms with Crippen LogP contribution in [0.15, 0.2) is 18.2 Å². The van der Waals surface area contributed by atoms with Gasteiger partial charge in [-0.1, -0.05) is 25.1 Å². The van der Waals surface area contributed by atoms with Gasteiger partial charge in [-0.2, -0.15) is 0 Å². The van der Waals surface area contributed by atoms with E-state index in [1.54, 1.807) is 6.92 Å². The predicted octanol–water partition coefficient (Wildman–Crippen LogP) is 2.54. The number of para-hydroxylation sites is 1. The molecule has 2 amide bonds. The highest BCUT2D eigenvalue weighted by molar-refractivity contribution is 6.29. The van der Waals surface area contributed by atoms with Gasteiger partial charge in [0.1, 0.15) is 12.4 Å². The summed E-state index contributed by atoms with van der Waals surface area (Å²) in [5.41, 5.74) is 2.70. The molecule has 0 bridgehead atoms. The molecule has 122 valence electrons. The van der Waals surface area contributed by atoms with E-state index < -0.39 is 0 Å². The Balaban J connectivity index is 3.20. The van der Waals surface area contributed by atoms with Gasteiger partial charge in [0.2, 0.25) is 5.91 Å². The topological polar surface area (TPSA) is 49.9 Å². The molecule has 0 aromatic heterocycles. The van der Waals surface area contributed by atoms with Gasteiger partial charge in [0.15, 0.2) is 0 Å². The van der Waals surface area contributed by atoms with Gasteiger partial charge in [-0.25, -0.2) is 5.06 Å². The second-order valence-electron chi connectivity index (χ2n) is 4.82. The number of carbonyl (C=O) groups is 2. The predicted molar refractivity (Wildman–Crippen MR) is 88.0 cm³/mol. The number of nitrogens with zero attached hydrogens (tertiary/aromatic N) is 2. The molecule has 1 aromatic rings. The van der Waals surface area contributed by atoms with E-state index in [1.807, 2.05) is 32.0 Å². The lowest BCUT2D eigenvalue weighted by Gasteiger charge is -2.28. The van der Waals surface area contributed by atoms with Crippen LogP contribution in [-0.4, -0.2) is 43.0 Å². The van der Waals surface area contributed by atoms with E-state index in [0.717, 1.165) is 23.2 Å². The van der Waals surface area contributed by atoms with Gasteiger partial charge in [-0.05, 0) is 31.4 Å². The minimum absolute atomic E-state index is 0.0922. The van der Waals surface area contributed by atoms with Crippen molar-refractivity contribution in [2.75, 3.05) is 31.0 Å². The molecule has 0 N–H and O–H groups in total. The van der Waals surface area contributed by atoms with E-state index in [9.17, 15) is 9.59 Å². The van der Waals surface area contributed by atoms with E-state index in [0.29, 0.717) is 6.54 Å². The number of aryl methyl sites for hydroxylation is 2. The number of halogens is 1. The number of rotatable bonds is 7. The Hall–Kier alpha value is -1.59. The summed E-state index contributed by atoms with van der Waals surface area (Å²) in [6.45, 7) is 6.05. The second-order valence-corrected chi connectivity index (χ2v) is 5.09. The Bertz CT molecular complexity index is 530. The minimum atomic E-state index is -0.300. The first kappa shape index (κ1) is 18.5. The van der Waals surface area contributed by atoms with Crippen LogP contribution in [0.4, 0.5) is 5.69 Å². The SMILES string of the molecule is CCc1cccc(C)c1N(CC(=O)N(CC)OC)C(=O)CCl. The Morgan fingerprint density at radius 3 is 2.41 bits per heavy atom. The van der Waals surface area contributed by atoms with Crippen molar-refractivity contribution in [3.8, 4) is 0 Å². The molecule has 1 rings (SSSR count). The Kier molecular flexibility index (Phi) is 7.35. The normalized spacial score (nSPS) is 10.4. The van der Waals surface area contributed by atoms with Gasteiger partial charge in [0.25, 0.3) is 5.91 Å². The lowest BCUT2D eigenvalue weighted by Crippen LogP contribution is -2.43. The summed E-state index contributed by atoms with van der Waals surface area (Å²) in [5, 5.41) is 1.22. The molecular formula is C16H23ClN2O3. The molecule has 0 aliphatic rings. The smallest absolute Gasteiger partial charge is 0.266 e. The number of hydrogen-bond acceptors (Lipinski definition) is 3. The van der Waals surface area contributed by atoms with Gasteiger partial charge >= 0.3 is 0 Å². The lowest BCUT2D eigenvalue weighted by molar-refractivity contribution is -0.173. The third-order valence-electron chi connectivity index (χ3n) is 3.47. The average Bonchev–Trinajstić information content (AvgIpc) is 2.53. The summed E-state index contributed by atoms with van der Waals surface area (Å²) in [5.74, 6) is -0.760. The van der Waals surface area contributed by atoms with Crippen molar-refractivity contribution in [1.29, 1.82) is 0 Å². The first-order valence-corrected chi connectivity index (χ1v) is 7.82. The van der Waals surface area contributed by atoms with Crippen molar-refractivity contribution in [2.45, 2.75) is 27.2 Å². The summed E-state index contributed by atoms with van der Waals surface area (Å²) < 4.78 is 0.